The molecule has 0 aliphatic heterocycles. The molecule has 0 aromatic heterocycles. The minimum Gasteiger partial charge on any atom is -0.449 e. The molecule has 7 nitrogen and oxygen atoms in total. The predicted molar refractivity (Wildman–Crippen MR) is 134 cm³/mol. The summed E-state index contributed by atoms with van der Waals surface area (Å²) in [4.78, 5) is 28.0. The second-order valence-corrected chi connectivity index (χ2v) is 10.6. The van der Waals surface area contributed by atoms with Crippen molar-refractivity contribution < 1.29 is 22.7 Å². The average molecular weight is 495 g/mol. The number of rotatable bonds is 9. The van der Waals surface area contributed by atoms with Gasteiger partial charge < -0.3 is 9.64 Å². The molecule has 1 unspecified atom stereocenters. The molecule has 0 radical (unpaired) electrons. The van der Waals surface area contributed by atoms with Gasteiger partial charge in [0, 0.05) is 27.2 Å². The van der Waals surface area contributed by atoms with Crippen molar-refractivity contribution >= 4 is 21.9 Å². The van der Waals surface area contributed by atoms with Crippen molar-refractivity contribution in [3.05, 3.63) is 101 Å². The molecule has 0 bridgehead atoms. The van der Waals surface area contributed by atoms with Crippen molar-refractivity contribution in [3.8, 4) is 0 Å². The smallest absolute Gasteiger partial charge is 0.339 e. The molecule has 0 saturated heterocycles. The van der Waals surface area contributed by atoms with E-state index in [0.29, 0.717) is 18.7 Å². The first-order chi connectivity index (χ1) is 16.6. The lowest BCUT2D eigenvalue weighted by Crippen LogP contribution is -2.39. The third-order valence-electron chi connectivity index (χ3n) is 5.58. The molecule has 3 aromatic rings. The summed E-state index contributed by atoms with van der Waals surface area (Å²) in [5.74, 6) is -1.10. The second-order valence-electron chi connectivity index (χ2n) is 8.48. The van der Waals surface area contributed by atoms with Gasteiger partial charge in [0.05, 0.1) is 10.5 Å². The number of carbonyl (C=O) groups excluding carboxylic acids is 2. The molecule has 0 aliphatic carbocycles. The monoisotopic (exact) mass is 494 g/mol. The third kappa shape index (κ3) is 6.55. The third-order valence-corrected chi connectivity index (χ3v) is 7.39. The minimum atomic E-state index is -3.73. The largest absolute Gasteiger partial charge is 0.449 e. The molecule has 1 amide bonds. The summed E-state index contributed by atoms with van der Waals surface area (Å²) in [6, 6.07) is 23.4. The molecule has 3 rings (SSSR count). The van der Waals surface area contributed by atoms with Crippen LogP contribution in [0, 0.1) is 6.92 Å². The number of benzene rings is 3. The average Bonchev–Trinajstić information content (AvgIpc) is 2.84. The van der Waals surface area contributed by atoms with Crippen LogP contribution < -0.4 is 0 Å². The van der Waals surface area contributed by atoms with Gasteiger partial charge in [0.1, 0.15) is 0 Å². The van der Waals surface area contributed by atoms with E-state index < -0.39 is 22.1 Å². The number of hydrogen-bond acceptors (Lipinski definition) is 5. The molecular weight excluding hydrogens is 464 g/mol. The molecule has 3 aromatic carbocycles. The van der Waals surface area contributed by atoms with Crippen LogP contribution in [0.4, 0.5) is 0 Å². The maximum atomic E-state index is 13.4. The van der Waals surface area contributed by atoms with Crippen LogP contribution in [0.1, 0.15) is 34.0 Å². The van der Waals surface area contributed by atoms with Gasteiger partial charge in [-0.3, -0.25) is 4.79 Å². The predicted octanol–water partition coefficient (Wildman–Crippen LogP) is 4.02. The highest BCUT2D eigenvalue weighted by Crippen LogP contribution is 2.20. The number of aryl methyl sites for hydroxylation is 1. The number of ether oxygens (including phenoxy) is 1. The number of nitrogens with zero attached hydrogens (tertiary/aromatic N) is 2. The van der Waals surface area contributed by atoms with Crippen molar-refractivity contribution in [2.24, 2.45) is 0 Å². The van der Waals surface area contributed by atoms with Crippen LogP contribution in [0.15, 0.2) is 83.8 Å². The first-order valence-corrected chi connectivity index (χ1v) is 12.6. The number of amides is 1. The molecule has 0 heterocycles. The zero-order valence-corrected chi connectivity index (χ0v) is 21.2. The van der Waals surface area contributed by atoms with Crippen LogP contribution >= 0.6 is 0 Å². The standard InChI is InChI=1S/C27H30N2O5S/c1-20-15-16-24(35(32,33)28(3)4)17-25(20)27(31)34-21(2)26(30)29(18-22-11-7-5-8-12-22)19-23-13-9-6-10-14-23/h5-17,21H,18-19H2,1-4H3. The summed E-state index contributed by atoms with van der Waals surface area (Å²) in [6.45, 7) is 3.92. The Morgan fingerprint density at radius 2 is 1.37 bits per heavy atom. The minimum absolute atomic E-state index is 0.0196. The summed E-state index contributed by atoms with van der Waals surface area (Å²) >= 11 is 0. The van der Waals surface area contributed by atoms with E-state index in [9.17, 15) is 18.0 Å². The molecule has 184 valence electrons. The fraction of sp³-hybridized carbons (Fsp3) is 0.259. The maximum absolute atomic E-state index is 13.4. The Hall–Kier alpha value is -3.49. The van der Waals surface area contributed by atoms with E-state index in [0.717, 1.165) is 15.4 Å². The highest BCUT2D eigenvalue weighted by Gasteiger charge is 2.27. The molecule has 35 heavy (non-hydrogen) atoms. The summed E-state index contributed by atoms with van der Waals surface area (Å²) in [5.41, 5.74) is 2.56. The number of esters is 1. The first kappa shape index (κ1) is 26.1. The fourth-order valence-electron chi connectivity index (χ4n) is 3.54. The van der Waals surface area contributed by atoms with Gasteiger partial charge >= 0.3 is 5.97 Å². The molecule has 8 heteroatoms. The lowest BCUT2D eigenvalue weighted by Gasteiger charge is -2.26. The number of hydrogen-bond donors (Lipinski definition) is 0. The fourth-order valence-corrected chi connectivity index (χ4v) is 4.47. The van der Waals surface area contributed by atoms with Crippen molar-refractivity contribution in [2.45, 2.75) is 37.9 Å². The van der Waals surface area contributed by atoms with E-state index in [2.05, 4.69) is 0 Å². The van der Waals surface area contributed by atoms with Crippen molar-refractivity contribution in [1.29, 1.82) is 0 Å². The van der Waals surface area contributed by atoms with E-state index >= 15 is 0 Å². The Kier molecular flexibility index (Phi) is 8.43. The van der Waals surface area contributed by atoms with Crippen LogP contribution in [0.5, 0.6) is 0 Å². The van der Waals surface area contributed by atoms with E-state index in [-0.39, 0.29) is 16.4 Å². The molecule has 0 aliphatic rings. The van der Waals surface area contributed by atoms with E-state index in [1.807, 2.05) is 60.7 Å². The van der Waals surface area contributed by atoms with Crippen LogP contribution in [-0.2, 0) is 32.6 Å². The molecule has 0 N–H and O–H groups in total. The van der Waals surface area contributed by atoms with E-state index in [4.69, 9.17) is 4.74 Å². The van der Waals surface area contributed by atoms with Crippen molar-refractivity contribution in [2.75, 3.05) is 14.1 Å². The van der Waals surface area contributed by atoms with Gasteiger partial charge in [-0.05, 0) is 42.7 Å². The summed E-state index contributed by atoms with van der Waals surface area (Å²) in [7, 11) is -0.889. The Bertz CT molecular complexity index is 1230. The SMILES string of the molecule is Cc1ccc(S(=O)(=O)N(C)C)cc1C(=O)OC(C)C(=O)N(Cc1ccccc1)Cc1ccccc1. The summed E-state index contributed by atoms with van der Waals surface area (Å²) in [5, 5.41) is 0. The van der Waals surface area contributed by atoms with E-state index in [1.165, 1.54) is 33.2 Å². The molecule has 1 atom stereocenters. The molecular formula is C27H30N2O5S. The van der Waals surface area contributed by atoms with Crippen LogP contribution in [0.25, 0.3) is 0 Å². The number of sulfonamides is 1. The topological polar surface area (TPSA) is 84.0 Å². The first-order valence-electron chi connectivity index (χ1n) is 11.2. The Labute approximate surface area is 207 Å². The summed E-state index contributed by atoms with van der Waals surface area (Å²) in [6.07, 6.45) is -1.07. The van der Waals surface area contributed by atoms with Crippen LogP contribution in [0.2, 0.25) is 0 Å². The Balaban J connectivity index is 1.81. The maximum Gasteiger partial charge on any atom is 0.339 e. The second kappa shape index (κ2) is 11.3. The Morgan fingerprint density at radius 3 is 1.86 bits per heavy atom. The quantitative estimate of drug-likeness (QED) is 0.420. The normalized spacial score (nSPS) is 12.3. The van der Waals surface area contributed by atoms with Gasteiger partial charge in [-0.1, -0.05) is 66.7 Å². The molecule has 0 spiro atoms. The molecule has 0 saturated carbocycles. The van der Waals surface area contributed by atoms with Gasteiger partial charge in [0.15, 0.2) is 6.10 Å². The van der Waals surface area contributed by atoms with Gasteiger partial charge in [0.25, 0.3) is 5.91 Å². The van der Waals surface area contributed by atoms with Gasteiger partial charge in [0.2, 0.25) is 10.0 Å². The highest BCUT2D eigenvalue weighted by molar-refractivity contribution is 7.89. The molecule has 0 fully saturated rings. The zero-order valence-electron chi connectivity index (χ0n) is 20.3. The lowest BCUT2D eigenvalue weighted by molar-refractivity contribution is -0.141. The number of carbonyl (C=O) groups is 2. The zero-order chi connectivity index (χ0) is 25.6. The van der Waals surface area contributed by atoms with E-state index in [1.54, 1.807) is 17.9 Å². The summed E-state index contributed by atoms with van der Waals surface area (Å²) < 4.78 is 31.6. The van der Waals surface area contributed by atoms with Crippen LogP contribution in [-0.4, -0.2) is 49.7 Å². The van der Waals surface area contributed by atoms with Crippen molar-refractivity contribution in [1.82, 2.24) is 9.21 Å². The van der Waals surface area contributed by atoms with Gasteiger partial charge in [-0.15, -0.1) is 0 Å². The van der Waals surface area contributed by atoms with Crippen LogP contribution in [0.3, 0.4) is 0 Å². The Morgan fingerprint density at radius 1 is 0.857 bits per heavy atom. The van der Waals surface area contributed by atoms with Gasteiger partial charge in [-0.25, -0.2) is 17.5 Å². The lowest BCUT2D eigenvalue weighted by atomic mass is 10.1. The van der Waals surface area contributed by atoms with Gasteiger partial charge in [-0.2, -0.15) is 0 Å². The highest BCUT2D eigenvalue weighted by atomic mass is 32.2. The van der Waals surface area contributed by atoms with Crippen molar-refractivity contribution in [3.63, 3.8) is 0 Å².